The van der Waals surface area contributed by atoms with E-state index in [4.69, 9.17) is 4.74 Å². The number of nitrogens with zero attached hydrogens (tertiary/aromatic N) is 1. The fourth-order valence-electron chi connectivity index (χ4n) is 4.46. The number of ether oxygens (including phenoxy) is 1. The summed E-state index contributed by atoms with van der Waals surface area (Å²) in [6.07, 6.45) is 1.04. The van der Waals surface area contributed by atoms with Gasteiger partial charge in [0.25, 0.3) is 5.91 Å². The molecule has 2 aromatic rings. The van der Waals surface area contributed by atoms with E-state index >= 15 is 0 Å². The molecule has 4 rings (SSSR count). The third-order valence-electron chi connectivity index (χ3n) is 6.53. The highest BCUT2D eigenvalue weighted by molar-refractivity contribution is 5.77. The van der Waals surface area contributed by atoms with E-state index in [1.807, 2.05) is 30.1 Å². The Morgan fingerprint density at radius 2 is 1.79 bits per heavy atom. The molecule has 1 saturated heterocycles. The molecule has 1 amide bonds. The van der Waals surface area contributed by atoms with Crippen LogP contribution in [0.2, 0.25) is 0 Å². The number of hydrogen-bond acceptors (Lipinski definition) is 2. The van der Waals surface area contributed by atoms with E-state index < -0.39 is 0 Å². The first kappa shape index (κ1) is 19.9. The molecular weight excluding hydrogens is 362 g/mol. The summed E-state index contributed by atoms with van der Waals surface area (Å²) in [5, 5.41) is 0. The Hall–Kier alpha value is -2.37. The van der Waals surface area contributed by atoms with Gasteiger partial charge in [0.15, 0.2) is 6.54 Å². The Morgan fingerprint density at radius 3 is 2.55 bits per heavy atom. The molecule has 0 spiro atoms. The third-order valence-corrected chi connectivity index (χ3v) is 6.53. The van der Waals surface area contributed by atoms with Crippen molar-refractivity contribution in [2.45, 2.75) is 25.9 Å². The average molecular weight is 396 g/mol. The molecule has 5 nitrogen and oxygen atoms in total. The molecule has 2 aromatic carbocycles. The maximum absolute atomic E-state index is 12.8. The summed E-state index contributed by atoms with van der Waals surface area (Å²) >= 11 is 0. The van der Waals surface area contributed by atoms with Gasteiger partial charge < -0.3 is 19.4 Å². The van der Waals surface area contributed by atoms with Gasteiger partial charge in [-0.25, -0.2) is 0 Å². The smallest absolute Gasteiger partial charge is 0.278 e. The van der Waals surface area contributed by atoms with Crippen molar-refractivity contribution in [3.05, 3.63) is 65.2 Å². The number of quaternary nitrogens is 2. The largest absolute Gasteiger partial charge is 0.493 e. The lowest BCUT2D eigenvalue weighted by Crippen LogP contribution is -3.28. The van der Waals surface area contributed by atoms with Crippen LogP contribution in [0.25, 0.3) is 0 Å². The quantitative estimate of drug-likeness (QED) is 0.730. The summed E-state index contributed by atoms with van der Waals surface area (Å²) in [5.41, 5.74) is 3.94. The summed E-state index contributed by atoms with van der Waals surface area (Å²) < 4.78 is 5.61. The fourth-order valence-corrected chi connectivity index (χ4v) is 4.46. The number of fused-ring (bicyclic) bond motifs is 1. The van der Waals surface area contributed by atoms with Crippen LogP contribution in [0, 0.1) is 0 Å². The molecule has 154 valence electrons. The van der Waals surface area contributed by atoms with Crippen molar-refractivity contribution in [1.82, 2.24) is 4.90 Å². The van der Waals surface area contributed by atoms with Crippen LogP contribution >= 0.6 is 0 Å². The minimum absolute atomic E-state index is 0.110. The zero-order chi connectivity index (χ0) is 20.2. The van der Waals surface area contributed by atoms with Gasteiger partial charge in [-0.15, -0.1) is 0 Å². The van der Waals surface area contributed by atoms with E-state index in [1.54, 1.807) is 4.90 Å². The molecule has 0 aliphatic carbocycles. The van der Waals surface area contributed by atoms with E-state index in [2.05, 4.69) is 37.3 Å². The second kappa shape index (κ2) is 8.97. The monoisotopic (exact) mass is 395 g/mol. The molecule has 0 aromatic heterocycles. The molecule has 0 bridgehead atoms. The molecule has 1 fully saturated rings. The van der Waals surface area contributed by atoms with Gasteiger partial charge in [0.05, 0.1) is 12.6 Å². The number of amides is 1. The predicted octanol–water partition coefficient (Wildman–Crippen LogP) is 0.125. The molecule has 0 saturated carbocycles. The van der Waals surface area contributed by atoms with Crippen LogP contribution in [0.4, 0.5) is 0 Å². The Bertz CT molecular complexity index is 831. The van der Waals surface area contributed by atoms with E-state index in [9.17, 15) is 4.79 Å². The lowest BCUT2D eigenvalue weighted by molar-refractivity contribution is -1.02. The van der Waals surface area contributed by atoms with Crippen LogP contribution in [0.5, 0.6) is 5.75 Å². The van der Waals surface area contributed by atoms with Crippen LogP contribution < -0.4 is 14.5 Å². The highest BCUT2D eigenvalue weighted by Gasteiger charge is 2.27. The van der Waals surface area contributed by atoms with Crippen molar-refractivity contribution < 1.29 is 19.3 Å². The normalized spacial score (nSPS) is 21.9. The van der Waals surface area contributed by atoms with Crippen LogP contribution in [0.3, 0.4) is 0 Å². The van der Waals surface area contributed by atoms with Gasteiger partial charge in [0, 0.05) is 19.0 Å². The number of nitrogens with one attached hydrogen (secondary N) is 2. The van der Waals surface area contributed by atoms with Gasteiger partial charge in [0.2, 0.25) is 0 Å². The molecule has 29 heavy (non-hydrogen) atoms. The Morgan fingerprint density at radius 1 is 1.07 bits per heavy atom. The summed E-state index contributed by atoms with van der Waals surface area (Å²) in [7, 11) is 1.93. The summed E-state index contributed by atoms with van der Waals surface area (Å²) in [6, 6.07) is 17.0. The van der Waals surface area contributed by atoms with E-state index in [0.717, 1.165) is 51.5 Å². The van der Waals surface area contributed by atoms with Crippen LogP contribution in [-0.4, -0.2) is 57.2 Å². The average Bonchev–Trinajstić information content (AvgIpc) is 3.22. The third kappa shape index (κ3) is 4.80. The molecule has 2 aliphatic heterocycles. The molecular formula is C24H33N3O2+2. The van der Waals surface area contributed by atoms with Crippen molar-refractivity contribution in [2.75, 3.05) is 46.4 Å². The van der Waals surface area contributed by atoms with Gasteiger partial charge in [-0.2, -0.15) is 0 Å². The summed E-state index contributed by atoms with van der Waals surface area (Å²) in [5.74, 6) is 1.30. The molecule has 2 heterocycles. The minimum Gasteiger partial charge on any atom is -0.493 e. The number of carbonyl (C=O) groups excluding carboxylic acids is 1. The second-order valence-corrected chi connectivity index (χ2v) is 8.49. The highest BCUT2D eigenvalue weighted by atomic mass is 16.5. The lowest BCUT2D eigenvalue weighted by atomic mass is 10.1. The van der Waals surface area contributed by atoms with Crippen molar-refractivity contribution in [3.63, 3.8) is 0 Å². The molecule has 2 N–H and O–H groups in total. The summed E-state index contributed by atoms with van der Waals surface area (Å²) in [6.45, 7) is 8.94. The zero-order valence-electron chi connectivity index (χ0n) is 17.6. The van der Waals surface area contributed by atoms with Crippen molar-refractivity contribution in [2.24, 2.45) is 0 Å². The topological polar surface area (TPSA) is 38.4 Å². The first-order valence-electron chi connectivity index (χ1n) is 10.8. The minimum atomic E-state index is 0.110. The number of benzene rings is 2. The standard InChI is InChI=1S/C24H31N3O2/c1-19(21-6-4-3-5-7-21)25(2)24(28)18-27-13-11-26(12-14-27)17-20-8-9-23-22(16-20)10-15-29-23/h3-9,16,19H,10-15,17-18H2,1-2H3/p+2/t19-/m1/s1. The molecule has 0 radical (unpaired) electrons. The SMILES string of the molecule is C[C@H](c1ccccc1)N(C)C(=O)C[NH+]1CC[NH+](Cc2ccc3c(c2)CCO3)CC1. The number of carbonyl (C=O) groups is 1. The Kier molecular flexibility index (Phi) is 6.16. The first-order valence-corrected chi connectivity index (χ1v) is 10.8. The van der Waals surface area contributed by atoms with Gasteiger partial charge in [-0.05, 0) is 36.2 Å². The molecule has 1 atom stereocenters. The Labute approximate surface area is 173 Å². The van der Waals surface area contributed by atoms with Gasteiger partial charge in [0.1, 0.15) is 38.5 Å². The summed E-state index contributed by atoms with van der Waals surface area (Å²) in [4.78, 5) is 17.7. The van der Waals surface area contributed by atoms with E-state index in [1.165, 1.54) is 21.6 Å². The zero-order valence-corrected chi connectivity index (χ0v) is 17.6. The predicted molar refractivity (Wildman–Crippen MR) is 113 cm³/mol. The maximum Gasteiger partial charge on any atom is 0.278 e. The van der Waals surface area contributed by atoms with Gasteiger partial charge in [-0.1, -0.05) is 30.3 Å². The van der Waals surface area contributed by atoms with Crippen molar-refractivity contribution >= 4 is 5.91 Å². The Balaban J connectivity index is 1.25. The lowest BCUT2D eigenvalue weighted by Gasteiger charge is -2.31. The number of piperazine rings is 1. The first-order chi connectivity index (χ1) is 14.1. The van der Waals surface area contributed by atoms with Crippen LogP contribution in [0.15, 0.2) is 48.5 Å². The molecule has 0 unspecified atom stereocenters. The maximum atomic E-state index is 12.8. The van der Waals surface area contributed by atoms with Crippen molar-refractivity contribution in [1.29, 1.82) is 0 Å². The van der Waals surface area contributed by atoms with Crippen molar-refractivity contribution in [3.8, 4) is 5.75 Å². The number of rotatable bonds is 6. The molecule has 5 heteroatoms. The molecule has 2 aliphatic rings. The van der Waals surface area contributed by atoms with E-state index in [-0.39, 0.29) is 11.9 Å². The fraction of sp³-hybridized carbons (Fsp3) is 0.458. The van der Waals surface area contributed by atoms with Crippen LogP contribution in [-0.2, 0) is 17.8 Å². The highest BCUT2D eigenvalue weighted by Crippen LogP contribution is 2.25. The van der Waals surface area contributed by atoms with E-state index in [0.29, 0.717) is 6.54 Å². The number of likely N-dealkylation sites (N-methyl/N-ethyl adjacent to an activating group) is 1. The van der Waals surface area contributed by atoms with Crippen LogP contribution in [0.1, 0.15) is 29.7 Å². The number of hydrogen-bond donors (Lipinski definition) is 2. The van der Waals surface area contributed by atoms with Gasteiger partial charge >= 0.3 is 0 Å². The second-order valence-electron chi connectivity index (χ2n) is 8.49. The van der Waals surface area contributed by atoms with Gasteiger partial charge in [-0.3, -0.25) is 4.79 Å².